The molecule has 2 rings (SSSR count). The molecule has 0 spiro atoms. The molecule has 0 N–H and O–H groups in total. The molecular weight excluding hydrogens is 216 g/mol. The Morgan fingerprint density at radius 2 is 0.722 bits per heavy atom. The summed E-state index contributed by atoms with van der Waals surface area (Å²) in [5, 5.41) is 4.95. The van der Waals surface area contributed by atoms with E-state index in [1.165, 1.54) is 54.6 Å². The van der Waals surface area contributed by atoms with E-state index in [2.05, 4.69) is 54.7 Å². The third-order valence-electron chi connectivity index (χ3n) is 4.76. The fourth-order valence-electron chi connectivity index (χ4n) is 2.89. The molecule has 0 atom stereocenters. The van der Waals surface area contributed by atoms with Crippen molar-refractivity contribution in [2.24, 2.45) is 0 Å². The largest absolute Gasteiger partial charge is 0.0909 e. The molecule has 0 unspecified atom stereocenters. The van der Waals surface area contributed by atoms with Crippen molar-refractivity contribution in [1.29, 1.82) is 0 Å². The second-order valence-electron chi connectivity index (χ2n) is 5.46. The van der Waals surface area contributed by atoms with E-state index in [0.29, 0.717) is 0 Å². The lowest BCUT2D eigenvalue weighted by Crippen LogP contribution is -2.20. The number of fused-ring (bicyclic) bond motifs is 1. The summed E-state index contributed by atoms with van der Waals surface area (Å²) >= 11 is 0. The molecule has 2 aromatic rings. The number of aryl methyl sites for hydroxylation is 2. The summed E-state index contributed by atoms with van der Waals surface area (Å²) in [5.74, 6) is 0. The van der Waals surface area contributed by atoms with Crippen LogP contribution in [0.4, 0.5) is 0 Å². The van der Waals surface area contributed by atoms with Crippen molar-refractivity contribution in [3.8, 4) is 0 Å². The van der Waals surface area contributed by atoms with Gasteiger partial charge in [0.2, 0.25) is 0 Å². The van der Waals surface area contributed by atoms with Crippen LogP contribution in [0.2, 0.25) is 0 Å². The first-order chi connectivity index (χ1) is 8.29. The van der Waals surface area contributed by atoms with Gasteiger partial charge < -0.3 is 0 Å². The molecule has 0 aromatic heterocycles. The third-order valence-corrected chi connectivity index (χ3v) is 4.76. The van der Waals surface area contributed by atoms with Crippen molar-refractivity contribution in [2.75, 3.05) is 0 Å². The van der Waals surface area contributed by atoms with E-state index in [4.69, 9.17) is 0 Å². The van der Waals surface area contributed by atoms with Gasteiger partial charge in [-0.15, -0.1) is 0 Å². The maximum atomic E-state index is 4.30. The molecule has 94 valence electrons. The van der Waals surface area contributed by atoms with Crippen molar-refractivity contribution < 1.29 is 0 Å². The van der Waals surface area contributed by atoms with Crippen molar-refractivity contribution in [3.05, 3.63) is 43.8 Å². The van der Waals surface area contributed by atoms with Gasteiger partial charge in [-0.1, -0.05) is 13.2 Å². The lowest BCUT2D eigenvalue weighted by atomic mass is 9.87. The summed E-state index contributed by atoms with van der Waals surface area (Å²) < 4.78 is 0. The standard InChI is InChI=1S/C18H22/c1-9-10(2)14(6)18-16(8)12(4)11(3)15(7)17(18)13(9)5/h5-6H2,1-4,7-8H3. The first-order valence-corrected chi connectivity index (χ1v) is 6.46. The highest BCUT2D eigenvalue weighted by molar-refractivity contribution is 5.92. The van der Waals surface area contributed by atoms with Crippen molar-refractivity contribution in [1.82, 2.24) is 0 Å². The molecule has 0 heterocycles. The Morgan fingerprint density at radius 1 is 0.444 bits per heavy atom. The average molecular weight is 238 g/mol. The molecule has 0 aliphatic carbocycles. The topological polar surface area (TPSA) is 0 Å². The van der Waals surface area contributed by atoms with E-state index in [-0.39, 0.29) is 0 Å². The summed E-state index contributed by atoms with van der Waals surface area (Å²) in [6.07, 6.45) is 0. The van der Waals surface area contributed by atoms with Gasteiger partial charge in [-0.3, -0.25) is 0 Å². The van der Waals surface area contributed by atoms with E-state index in [0.717, 1.165) is 0 Å². The van der Waals surface area contributed by atoms with Crippen LogP contribution < -0.4 is 10.4 Å². The zero-order chi connectivity index (χ0) is 13.8. The molecule has 0 radical (unpaired) electrons. The monoisotopic (exact) mass is 238 g/mol. The first kappa shape index (κ1) is 12.9. The van der Waals surface area contributed by atoms with E-state index < -0.39 is 0 Å². The maximum absolute atomic E-state index is 4.30. The fourth-order valence-corrected chi connectivity index (χ4v) is 2.89. The number of rotatable bonds is 0. The molecule has 0 nitrogen and oxygen atoms in total. The van der Waals surface area contributed by atoms with Gasteiger partial charge in [0.15, 0.2) is 0 Å². The molecule has 0 bridgehead atoms. The minimum absolute atomic E-state index is 1.17. The Bertz CT molecular complexity index is 695. The minimum Gasteiger partial charge on any atom is -0.0909 e. The smallest absolute Gasteiger partial charge is 0.00739 e. The normalized spacial score (nSPS) is 11.2. The first-order valence-electron chi connectivity index (χ1n) is 6.46. The highest BCUT2D eigenvalue weighted by Crippen LogP contribution is 2.25. The Kier molecular flexibility index (Phi) is 2.85. The van der Waals surface area contributed by atoms with Crippen LogP contribution in [-0.4, -0.2) is 0 Å². The second kappa shape index (κ2) is 3.98. The Balaban J connectivity index is 3.34. The molecular formula is C18H22. The summed E-state index contributed by atoms with van der Waals surface area (Å²) in [7, 11) is 0. The number of benzene rings is 2. The van der Waals surface area contributed by atoms with E-state index in [9.17, 15) is 0 Å². The summed E-state index contributed by atoms with van der Waals surface area (Å²) in [5.41, 5.74) is 8.02. The summed E-state index contributed by atoms with van der Waals surface area (Å²) in [6, 6.07) is 0. The van der Waals surface area contributed by atoms with Gasteiger partial charge >= 0.3 is 0 Å². The van der Waals surface area contributed by atoms with Gasteiger partial charge in [0.1, 0.15) is 0 Å². The van der Waals surface area contributed by atoms with Crippen molar-refractivity contribution >= 4 is 23.9 Å². The van der Waals surface area contributed by atoms with Gasteiger partial charge in [-0.05, 0) is 96.1 Å². The van der Waals surface area contributed by atoms with Crippen molar-refractivity contribution in [2.45, 2.75) is 41.5 Å². The van der Waals surface area contributed by atoms with Gasteiger partial charge in [0, 0.05) is 0 Å². The Labute approximate surface area is 110 Å². The predicted molar refractivity (Wildman–Crippen MR) is 82.7 cm³/mol. The SMILES string of the molecule is C=c1c(C)c(C)c(=C)c2c(C)c(C)c(C)c(C)c12. The Morgan fingerprint density at radius 3 is 1.00 bits per heavy atom. The van der Waals surface area contributed by atoms with Crippen LogP contribution in [0.5, 0.6) is 0 Å². The molecule has 2 aromatic carbocycles. The summed E-state index contributed by atoms with van der Waals surface area (Å²) in [6.45, 7) is 21.7. The number of hydrogen-bond acceptors (Lipinski definition) is 0. The quantitative estimate of drug-likeness (QED) is 0.659. The third kappa shape index (κ3) is 1.45. The van der Waals surface area contributed by atoms with Crippen LogP contribution in [0.15, 0.2) is 0 Å². The highest BCUT2D eigenvalue weighted by atomic mass is 14.2. The maximum Gasteiger partial charge on any atom is -0.00739 e. The summed E-state index contributed by atoms with van der Waals surface area (Å²) in [4.78, 5) is 0. The van der Waals surface area contributed by atoms with Crippen LogP contribution >= 0.6 is 0 Å². The van der Waals surface area contributed by atoms with Crippen LogP contribution in [0.3, 0.4) is 0 Å². The van der Waals surface area contributed by atoms with Gasteiger partial charge in [0.25, 0.3) is 0 Å². The van der Waals surface area contributed by atoms with Crippen LogP contribution in [0.25, 0.3) is 23.9 Å². The minimum atomic E-state index is 1.17. The average Bonchev–Trinajstić information content (AvgIpc) is 2.35. The fraction of sp³-hybridized carbons (Fsp3) is 0.333. The molecule has 0 heteroatoms. The van der Waals surface area contributed by atoms with Gasteiger partial charge in [-0.2, -0.15) is 0 Å². The zero-order valence-electron chi connectivity index (χ0n) is 12.4. The molecule has 0 aliphatic rings. The van der Waals surface area contributed by atoms with E-state index in [1.807, 2.05) is 0 Å². The van der Waals surface area contributed by atoms with Gasteiger partial charge in [0.05, 0.1) is 0 Å². The molecule has 0 aliphatic heterocycles. The molecule has 0 saturated carbocycles. The molecule has 0 saturated heterocycles. The second-order valence-corrected chi connectivity index (χ2v) is 5.46. The lowest BCUT2D eigenvalue weighted by molar-refractivity contribution is 1.22. The van der Waals surface area contributed by atoms with Crippen LogP contribution in [-0.2, 0) is 0 Å². The number of hydrogen-bond donors (Lipinski definition) is 0. The van der Waals surface area contributed by atoms with E-state index >= 15 is 0 Å². The molecule has 0 fully saturated rings. The van der Waals surface area contributed by atoms with E-state index in [1.54, 1.807) is 0 Å². The Hall–Kier alpha value is -1.56. The highest BCUT2D eigenvalue weighted by Gasteiger charge is 2.12. The van der Waals surface area contributed by atoms with Gasteiger partial charge in [-0.25, -0.2) is 0 Å². The molecule has 0 amide bonds. The van der Waals surface area contributed by atoms with Crippen molar-refractivity contribution in [3.63, 3.8) is 0 Å². The van der Waals surface area contributed by atoms with Crippen LogP contribution in [0.1, 0.15) is 33.4 Å². The zero-order valence-corrected chi connectivity index (χ0v) is 12.4. The van der Waals surface area contributed by atoms with Crippen LogP contribution in [0, 0.1) is 41.5 Å². The predicted octanol–water partition coefficient (Wildman–Crippen LogP) is 3.51. The lowest BCUT2D eigenvalue weighted by Gasteiger charge is -2.17. The molecule has 18 heavy (non-hydrogen) atoms.